The van der Waals surface area contributed by atoms with Gasteiger partial charge in [0.05, 0.1) is 15.7 Å². The van der Waals surface area contributed by atoms with Crippen LogP contribution in [0.1, 0.15) is 5.69 Å². The molecule has 0 atom stereocenters. The summed E-state index contributed by atoms with van der Waals surface area (Å²) in [6.07, 6.45) is -1.08. The zero-order chi connectivity index (χ0) is 11.7. The van der Waals surface area contributed by atoms with E-state index in [0.29, 0.717) is 10.2 Å². The third-order valence-electron chi connectivity index (χ3n) is 2.19. The molecule has 0 radical (unpaired) electrons. The molecule has 0 aliphatic carbocycles. The normalized spacial score (nSPS) is 10.4. The Labute approximate surface area is 100 Å². The number of aromatic nitrogens is 1. The first-order valence-corrected chi connectivity index (χ1v) is 5.43. The van der Waals surface area contributed by atoms with Gasteiger partial charge in [-0.25, -0.2) is 4.79 Å². The first-order valence-electron chi connectivity index (χ1n) is 4.64. The van der Waals surface area contributed by atoms with Crippen LogP contribution in [0.5, 0.6) is 0 Å². The van der Waals surface area contributed by atoms with Crippen molar-refractivity contribution in [1.82, 2.24) is 4.98 Å². The van der Waals surface area contributed by atoms with Crippen LogP contribution in [0.2, 0.25) is 0 Å². The number of halogens is 1. The number of amides is 1. The van der Waals surface area contributed by atoms with Gasteiger partial charge < -0.3 is 5.11 Å². The number of pyridine rings is 1. The molecule has 0 saturated carbocycles. The molecule has 82 valence electrons. The average molecular weight is 281 g/mol. The average Bonchev–Trinajstić information content (AvgIpc) is 2.22. The van der Waals surface area contributed by atoms with Crippen molar-refractivity contribution < 1.29 is 9.90 Å². The summed E-state index contributed by atoms with van der Waals surface area (Å²) in [5.74, 6) is 0. The van der Waals surface area contributed by atoms with E-state index in [9.17, 15) is 4.79 Å². The van der Waals surface area contributed by atoms with Crippen molar-refractivity contribution in [3.63, 3.8) is 0 Å². The molecule has 0 unspecified atom stereocenters. The van der Waals surface area contributed by atoms with Crippen LogP contribution in [-0.2, 0) is 0 Å². The molecule has 5 heteroatoms. The summed E-state index contributed by atoms with van der Waals surface area (Å²) in [7, 11) is 0. The zero-order valence-corrected chi connectivity index (χ0v) is 10.1. The van der Waals surface area contributed by atoms with Crippen LogP contribution in [-0.4, -0.2) is 16.2 Å². The molecular formula is C11H9BrN2O2. The van der Waals surface area contributed by atoms with E-state index in [1.54, 1.807) is 12.1 Å². The topological polar surface area (TPSA) is 62.2 Å². The summed E-state index contributed by atoms with van der Waals surface area (Å²) in [5.41, 5.74) is 2.28. The summed E-state index contributed by atoms with van der Waals surface area (Å²) in [5, 5.41) is 11.9. The number of carboxylic acid groups (broad SMARTS) is 1. The molecule has 16 heavy (non-hydrogen) atoms. The van der Waals surface area contributed by atoms with Crippen LogP contribution >= 0.6 is 15.9 Å². The van der Waals surface area contributed by atoms with Crippen molar-refractivity contribution in [2.45, 2.75) is 6.92 Å². The number of aryl methyl sites for hydroxylation is 1. The molecule has 0 spiro atoms. The van der Waals surface area contributed by atoms with Gasteiger partial charge in [0, 0.05) is 11.1 Å². The Hall–Kier alpha value is -1.62. The van der Waals surface area contributed by atoms with Crippen LogP contribution in [0.25, 0.3) is 10.9 Å². The van der Waals surface area contributed by atoms with Gasteiger partial charge in [0.25, 0.3) is 0 Å². The van der Waals surface area contributed by atoms with Gasteiger partial charge >= 0.3 is 6.09 Å². The van der Waals surface area contributed by atoms with Crippen LogP contribution in [0.3, 0.4) is 0 Å². The number of anilines is 1. The maximum absolute atomic E-state index is 10.6. The van der Waals surface area contributed by atoms with Crippen molar-refractivity contribution in [3.8, 4) is 0 Å². The van der Waals surface area contributed by atoms with E-state index in [-0.39, 0.29) is 0 Å². The number of nitrogens with zero attached hydrogens (tertiary/aromatic N) is 1. The number of hydrogen-bond donors (Lipinski definition) is 2. The van der Waals surface area contributed by atoms with Gasteiger partial charge in [-0.2, -0.15) is 0 Å². The Morgan fingerprint density at radius 3 is 2.81 bits per heavy atom. The van der Waals surface area contributed by atoms with Gasteiger partial charge in [-0.05, 0) is 47.1 Å². The van der Waals surface area contributed by atoms with Crippen LogP contribution in [0, 0.1) is 6.92 Å². The molecule has 1 aromatic carbocycles. The molecule has 0 fully saturated rings. The summed E-state index contributed by atoms with van der Waals surface area (Å²) in [6, 6.07) is 7.28. The minimum atomic E-state index is -1.08. The Kier molecular flexibility index (Phi) is 2.78. The summed E-state index contributed by atoms with van der Waals surface area (Å²) in [4.78, 5) is 14.9. The van der Waals surface area contributed by atoms with E-state index in [2.05, 4.69) is 26.2 Å². The lowest BCUT2D eigenvalue weighted by Crippen LogP contribution is -2.07. The highest BCUT2D eigenvalue weighted by Gasteiger charge is 2.07. The second-order valence-corrected chi connectivity index (χ2v) is 4.17. The van der Waals surface area contributed by atoms with E-state index in [1.165, 1.54) is 0 Å². The maximum Gasteiger partial charge on any atom is 0.409 e. The van der Waals surface area contributed by atoms with E-state index in [0.717, 1.165) is 16.6 Å². The van der Waals surface area contributed by atoms with Crippen molar-refractivity contribution >= 4 is 38.6 Å². The van der Waals surface area contributed by atoms with E-state index < -0.39 is 6.09 Å². The standard InChI is InChI=1S/C11H9BrN2O2/c1-6-2-3-7-8(13-6)4-5-9(10(7)12)14-11(15)16/h2-5,14H,1H3,(H,15,16). The predicted molar refractivity (Wildman–Crippen MR) is 65.8 cm³/mol. The van der Waals surface area contributed by atoms with Crippen molar-refractivity contribution in [3.05, 3.63) is 34.4 Å². The lowest BCUT2D eigenvalue weighted by Gasteiger charge is -2.07. The van der Waals surface area contributed by atoms with E-state index >= 15 is 0 Å². The third kappa shape index (κ3) is 1.99. The fourth-order valence-electron chi connectivity index (χ4n) is 1.48. The molecule has 2 N–H and O–H groups in total. The predicted octanol–water partition coefficient (Wildman–Crippen LogP) is 3.40. The van der Waals surface area contributed by atoms with Crippen molar-refractivity contribution in [1.29, 1.82) is 0 Å². The molecule has 2 rings (SSSR count). The Morgan fingerprint density at radius 2 is 2.12 bits per heavy atom. The molecular weight excluding hydrogens is 272 g/mol. The van der Waals surface area contributed by atoms with Gasteiger partial charge in [0.15, 0.2) is 0 Å². The molecule has 0 saturated heterocycles. The first-order chi connectivity index (χ1) is 7.58. The smallest absolute Gasteiger partial charge is 0.409 e. The summed E-state index contributed by atoms with van der Waals surface area (Å²) >= 11 is 3.37. The SMILES string of the molecule is Cc1ccc2c(Br)c(NC(=O)O)ccc2n1. The maximum atomic E-state index is 10.6. The highest BCUT2D eigenvalue weighted by atomic mass is 79.9. The van der Waals surface area contributed by atoms with Crippen LogP contribution in [0.4, 0.5) is 10.5 Å². The Balaban J connectivity index is 2.60. The number of nitrogens with one attached hydrogen (secondary N) is 1. The number of carbonyl (C=O) groups is 1. The molecule has 1 heterocycles. The molecule has 2 aromatic rings. The monoisotopic (exact) mass is 280 g/mol. The number of hydrogen-bond acceptors (Lipinski definition) is 2. The van der Waals surface area contributed by atoms with Gasteiger partial charge in [0.1, 0.15) is 0 Å². The third-order valence-corrected chi connectivity index (χ3v) is 3.04. The number of benzene rings is 1. The van der Waals surface area contributed by atoms with Crippen molar-refractivity contribution in [2.75, 3.05) is 5.32 Å². The summed E-state index contributed by atoms with van der Waals surface area (Å²) < 4.78 is 0.708. The zero-order valence-electron chi connectivity index (χ0n) is 8.49. The lowest BCUT2D eigenvalue weighted by molar-refractivity contribution is 0.209. The van der Waals surface area contributed by atoms with Gasteiger partial charge in [-0.15, -0.1) is 0 Å². The van der Waals surface area contributed by atoms with Gasteiger partial charge in [-0.1, -0.05) is 0 Å². The molecule has 1 aromatic heterocycles. The second-order valence-electron chi connectivity index (χ2n) is 3.38. The quantitative estimate of drug-likeness (QED) is 0.842. The second kappa shape index (κ2) is 4.09. The van der Waals surface area contributed by atoms with E-state index in [1.807, 2.05) is 19.1 Å². The fourth-order valence-corrected chi connectivity index (χ4v) is 2.05. The fraction of sp³-hybridized carbons (Fsp3) is 0.0909. The number of fused-ring (bicyclic) bond motifs is 1. The Morgan fingerprint density at radius 1 is 1.38 bits per heavy atom. The highest BCUT2D eigenvalue weighted by molar-refractivity contribution is 9.10. The molecule has 0 aliphatic rings. The van der Waals surface area contributed by atoms with Gasteiger partial charge in [-0.3, -0.25) is 10.3 Å². The lowest BCUT2D eigenvalue weighted by atomic mass is 10.2. The minimum Gasteiger partial charge on any atom is -0.465 e. The molecule has 0 bridgehead atoms. The Bertz CT molecular complexity index is 569. The van der Waals surface area contributed by atoms with Crippen LogP contribution < -0.4 is 5.32 Å². The largest absolute Gasteiger partial charge is 0.465 e. The minimum absolute atomic E-state index is 0.519. The number of rotatable bonds is 1. The first kappa shape index (κ1) is 10.9. The highest BCUT2D eigenvalue weighted by Crippen LogP contribution is 2.30. The van der Waals surface area contributed by atoms with E-state index in [4.69, 9.17) is 5.11 Å². The molecule has 1 amide bonds. The van der Waals surface area contributed by atoms with Gasteiger partial charge in [0.2, 0.25) is 0 Å². The van der Waals surface area contributed by atoms with Crippen LogP contribution in [0.15, 0.2) is 28.7 Å². The summed E-state index contributed by atoms with van der Waals surface area (Å²) in [6.45, 7) is 1.91. The molecule has 4 nitrogen and oxygen atoms in total. The molecule has 0 aliphatic heterocycles. The van der Waals surface area contributed by atoms with Crippen molar-refractivity contribution in [2.24, 2.45) is 0 Å².